The number of ether oxygens (including phenoxy) is 1. The van der Waals surface area contributed by atoms with Crippen molar-refractivity contribution >= 4 is 5.96 Å². The van der Waals surface area contributed by atoms with Crippen molar-refractivity contribution in [3.63, 3.8) is 0 Å². The van der Waals surface area contributed by atoms with Gasteiger partial charge in [-0.2, -0.15) is 0 Å². The highest BCUT2D eigenvalue weighted by Crippen LogP contribution is 2.16. The van der Waals surface area contributed by atoms with Gasteiger partial charge >= 0.3 is 0 Å². The number of likely N-dealkylation sites (tertiary alicyclic amines) is 1. The molecular formula is C18H30N4O. The second-order valence-electron chi connectivity index (χ2n) is 6.09. The monoisotopic (exact) mass is 318 g/mol. The Morgan fingerprint density at radius 1 is 1.39 bits per heavy atom. The average molecular weight is 318 g/mol. The summed E-state index contributed by atoms with van der Waals surface area (Å²) in [6.07, 6.45) is 2.52. The molecule has 0 bridgehead atoms. The molecule has 1 saturated heterocycles. The van der Waals surface area contributed by atoms with Crippen molar-refractivity contribution in [2.75, 3.05) is 47.4 Å². The maximum Gasteiger partial charge on any atom is 0.193 e. The Morgan fingerprint density at radius 3 is 2.87 bits per heavy atom. The molecule has 128 valence electrons. The van der Waals surface area contributed by atoms with Crippen LogP contribution >= 0.6 is 0 Å². The Bertz CT molecular complexity index is 477. The van der Waals surface area contributed by atoms with Crippen molar-refractivity contribution < 1.29 is 4.74 Å². The van der Waals surface area contributed by atoms with E-state index in [9.17, 15) is 0 Å². The lowest BCUT2D eigenvalue weighted by Gasteiger charge is -2.27. The number of hydrogen-bond donors (Lipinski definition) is 1. The number of nitrogens with one attached hydrogen (secondary N) is 1. The van der Waals surface area contributed by atoms with E-state index in [1.54, 1.807) is 7.11 Å². The molecule has 1 aromatic rings. The number of aliphatic imine (C=N–C) groups is 1. The third kappa shape index (κ3) is 5.52. The van der Waals surface area contributed by atoms with E-state index in [4.69, 9.17) is 4.74 Å². The van der Waals surface area contributed by atoms with Crippen LogP contribution < -0.4 is 5.32 Å². The molecule has 1 atom stereocenters. The quantitative estimate of drug-likeness (QED) is 0.615. The zero-order valence-corrected chi connectivity index (χ0v) is 14.7. The van der Waals surface area contributed by atoms with Gasteiger partial charge in [0.1, 0.15) is 0 Å². The lowest BCUT2D eigenvalue weighted by Crippen LogP contribution is -2.45. The number of methoxy groups -OCH3 is 1. The first-order valence-corrected chi connectivity index (χ1v) is 8.43. The van der Waals surface area contributed by atoms with Gasteiger partial charge < -0.3 is 15.0 Å². The number of nitrogens with zero attached hydrogens (tertiary/aromatic N) is 3. The van der Waals surface area contributed by atoms with Gasteiger partial charge in [-0.3, -0.25) is 9.89 Å². The molecule has 0 aromatic heterocycles. The molecule has 0 amide bonds. The van der Waals surface area contributed by atoms with Crippen LogP contribution in [-0.4, -0.2) is 69.2 Å². The minimum Gasteiger partial charge on any atom is -0.383 e. The van der Waals surface area contributed by atoms with Crippen LogP contribution in [0.25, 0.3) is 0 Å². The summed E-state index contributed by atoms with van der Waals surface area (Å²) in [6, 6.07) is 11.1. The van der Waals surface area contributed by atoms with Gasteiger partial charge in [0.25, 0.3) is 0 Å². The molecule has 1 heterocycles. The molecule has 5 heteroatoms. The zero-order valence-electron chi connectivity index (χ0n) is 14.7. The van der Waals surface area contributed by atoms with E-state index >= 15 is 0 Å². The molecule has 1 fully saturated rings. The van der Waals surface area contributed by atoms with E-state index in [0.717, 1.165) is 32.2 Å². The fourth-order valence-corrected chi connectivity index (χ4v) is 3.16. The van der Waals surface area contributed by atoms with Crippen LogP contribution in [0.1, 0.15) is 18.4 Å². The van der Waals surface area contributed by atoms with Crippen LogP contribution in [0, 0.1) is 0 Å². The normalized spacial score (nSPS) is 19.1. The second kappa shape index (κ2) is 9.53. The van der Waals surface area contributed by atoms with Gasteiger partial charge in [-0.05, 0) is 24.9 Å². The maximum absolute atomic E-state index is 5.21. The van der Waals surface area contributed by atoms with Crippen molar-refractivity contribution in [1.29, 1.82) is 0 Å². The summed E-state index contributed by atoms with van der Waals surface area (Å²) in [6.45, 7) is 4.79. The topological polar surface area (TPSA) is 40.1 Å². The first-order chi connectivity index (χ1) is 11.2. The number of benzene rings is 1. The Morgan fingerprint density at radius 2 is 2.17 bits per heavy atom. The molecule has 1 aliphatic heterocycles. The molecule has 1 aromatic carbocycles. The second-order valence-corrected chi connectivity index (χ2v) is 6.09. The van der Waals surface area contributed by atoms with Gasteiger partial charge in [-0.1, -0.05) is 30.3 Å². The molecule has 0 saturated carbocycles. The van der Waals surface area contributed by atoms with Gasteiger partial charge in [0.15, 0.2) is 5.96 Å². The summed E-state index contributed by atoms with van der Waals surface area (Å²) >= 11 is 0. The summed E-state index contributed by atoms with van der Waals surface area (Å²) in [5, 5.41) is 3.53. The van der Waals surface area contributed by atoms with Crippen LogP contribution in [0.2, 0.25) is 0 Å². The molecule has 5 nitrogen and oxygen atoms in total. The van der Waals surface area contributed by atoms with Crippen LogP contribution in [0.3, 0.4) is 0 Å². The first-order valence-electron chi connectivity index (χ1n) is 8.43. The minimum absolute atomic E-state index is 0.576. The van der Waals surface area contributed by atoms with Gasteiger partial charge in [-0.25, -0.2) is 0 Å². The fourth-order valence-electron chi connectivity index (χ4n) is 3.16. The molecule has 1 aliphatic rings. The highest BCUT2D eigenvalue weighted by molar-refractivity contribution is 5.79. The van der Waals surface area contributed by atoms with E-state index in [-0.39, 0.29) is 0 Å². The largest absolute Gasteiger partial charge is 0.383 e. The number of hydrogen-bond acceptors (Lipinski definition) is 3. The van der Waals surface area contributed by atoms with E-state index in [1.807, 2.05) is 13.1 Å². The van der Waals surface area contributed by atoms with Crippen LogP contribution in [0.4, 0.5) is 0 Å². The van der Waals surface area contributed by atoms with Crippen LogP contribution in [0.5, 0.6) is 0 Å². The standard InChI is InChI=1S/C18H30N4O/c1-19-18(21(2)15-16-8-5-4-6-9-16)20-14-17-10-7-11-22(17)12-13-23-3/h4-6,8-9,17H,7,10-15H2,1-3H3,(H,19,20). The van der Waals surface area contributed by atoms with Gasteiger partial charge in [0.05, 0.1) is 6.61 Å². The Balaban J connectivity index is 1.82. The summed E-state index contributed by atoms with van der Waals surface area (Å²) in [4.78, 5) is 9.11. The van der Waals surface area contributed by atoms with Crippen molar-refractivity contribution in [3.8, 4) is 0 Å². The molecule has 0 aliphatic carbocycles. The average Bonchev–Trinajstić information content (AvgIpc) is 3.02. The molecule has 23 heavy (non-hydrogen) atoms. The third-order valence-electron chi connectivity index (χ3n) is 4.41. The van der Waals surface area contributed by atoms with E-state index in [2.05, 4.69) is 51.4 Å². The fraction of sp³-hybridized carbons (Fsp3) is 0.611. The molecule has 2 rings (SSSR count). The summed E-state index contributed by atoms with van der Waals surface area (Å²) < 4.78 is 5.21. The van der Waals surface area contributed by atoms with Crippen molar-refractivity contribution in [3.05, 3.63) is 35.9 Å². The van der Waals surface area contributed by atoms with Gasteiger partial charge in [0, 0.05) is 46.9 Å². The molecule has 0 spiro atoms. The van der Waals surface area contributed by atoms with Crippen LogP contribution in [-0.2, 0) is 11.3 Å². The minimum atomic E-state index is 0.576. The maximum atomic E-state index is 5.21. The first kappa shape index (κ1) is 17.8. The van der Waals surface area contributed by atoms with E-state index in [0.29, 0.717) is 6.04 Å². The smallest absolute Gasteiger partial charge is 0.193 e. The van der Waals surface area contributed by atoms with Crippen molar-refractivity contribution in [2.24, 2.45) is 4.99 Å². The van der Waals surface area contributed by atoms with Gasteiger partial charge in [0.2, 0.25) is 0 Å². The summed E-state index contributed by atoms with van der Waals surface area (Å²) in [5.74, 6) is 0.951. The zero-order chi connectivity index (χ0) is 16.5. The van der Waals surface area contributed by atoms with Crippen LogP contribution in [0.15, 0.2) is 35.3 Å². The van der Waals surface area contributed by atoms with Crippen molar-refractivity contribution in [2.45, 2.75) is 25.4 Å². The molecule has 1 unspecified atom stereocenters. The number of guanidine groups is 1. The third-order valence-corrected chi connectivity index (χ3v) is 4.41. The lowest BCUT2D eigenvalue weighted by molar-refractivity contribution is 0.141. The van der Waals surface area contributed by atoms with Gasteiger partial charge in [-0.15, -0.1) is 0 Å². The Hall–Kier alpha value is -1.59. The molecule has 1 N–H and O–H groups in total. The lowest BCUT2D eigenvalue weighted by atomic mass is 10.2. The highest BCUT2D eigenvalue weighted by Gasteiger charge is 2.24. The highest BCUT2D eigenvalue weighted by atomic mass is 16.5. The van der Waals surface area contributed by atoms with E-state index in [1.165, 1.54) is 24.9 Å². The molecular weight excluding hydrogens is 288 g/mol. The predicted octanol–water partition coefficient (Wildman–Crippen LogP) is 1.80. The SMILES string of the molecule is CN=C(NCC1CCCN1CCOC)N(C)Cc1ccccc1. The van der Waals surface area contributed by atoms with Crippen molar-refractivity contribution in [1.82, 2.24) is 15.1 Å². The van der Waals surface area contributed by atoms with E-state index < -0.39 is 0 Å². The number of rotatable bonds is 7. The Kier molecular flexibility index (Phi) is 7.36. The predicted molar refractivity (Wildman–Crippen MR) is 95.7 cm³/mol. The molecule has 0 radical (unpaired) electrons. The summed E-state index contributed by atoms with van der Waals surface area (Å²) in [7, 11) is 5.70. The Labute approximate surface area is 140 Å². The summed E-state index contributed by atoms with van der Waals surface area (Å²) in [5.41, 5.74) is 1.29.